The molecule has 0 amide bonds. The van der Waals surface area contributed by atoms with Gasteiger partial charge in [-0.15, -0.1) is 0 Å². The molecule has 2 heterocycles. The van der Waals surface area contributed by atoms with Crippen molar-refractivity contribution >= 4 is 5.69 Å². The quantitative estimate of drug-likeness (QED) is 0.831. The van der Waals surface area contributed by atoms with E-state index in [9.17, 15) is 0 Å². The van der Waals surface area contributed by atoms with Gasteiger partial charge in [-0.1, -0.05) is 6.07 Å². The molecule has 1 aromatic heterocycles. The molecule has 94 valence electrons. The normalized spacial score (nSPS) is 14.2. The number of anilines is 1. The third-order valence-electron chi connectivity index (χ3n) is 3.93. The number of nitrogens with zero attached hydrogens (tertiary/aromatic N) is 2. The summed E-state index contributed by atoms with van der Waals surface area (Å²) in [6.45, 7) is 7.40. The highest BCUT2D eigenvalue weighted by Gasteiger charge is 2.12. The molecule has 0 fully saturated rings. The molecule has 3 nitrogen and oxygen atoms in total. The van der Waals surface area contributed by atoms with Crippen molar-refractivity contribution in [3.63, 3.8) is 0 Å². The van der Waals surface area contributed by atoms with Gasteiger partial charge >= 0.3 is 0 Å². The first kappa shape index (κ1) is 11.3. The lowest BCUT2D eigenvalue weighted by Gasteiger charge is -2.19. The molecule has 0 unspecified atom stereocenters. The molecule has 0 atom stereocenters. The highest BCUT2D eigenvalue weighted by molar-refractivity contribution is 5.58. The van der Waals surface area contributed by atoms with Gasteiger partial charge in [-0.2, -0.15) is 5.10 Å². The molecule has 0 spiro atoms. The van der Waals surface area contributed by atoms with Crippen molar-refractivity contribution in [1.29, 1.82) is 0 Å². The van der Waals surface area contributed by atoms with Crippen molar-refractivity contribution in [3.8, 4) is 5.69 Å². The van der Waals surface area contributed by atoms with Gasteiger partial charge in [-0.25, -0.2) is 4.68 Å². The van der Waals surface area contributed by atoms with Crippen LogP contribution in [0.3, 0.4) is 0 Å². The highest BCUT2D eigenvalue weighted by Crippen LogP contribution is 2.26. The van der Waals surface area contributed by atoms with E-state index < -0.39 is 0 Å². The van der Waals surface area contributed by atoms with Crippen LogP contribution in [0.5, 0.6) is 0 Å². The summed E-state index contributed by atoms with van der Waals surface area (Å²) >= 11 is 0. The lowest BCUT2D eigenvalue weighted by molar-refractivity contribution is 0.813. The van der Waals surface area contributed by atoms with Crippen LogP contribution in [-0.2, 0) is 6.42 Å². The molecule has 0 radical (unpaired) electrons. The molecule has 0 saturated carbocycles. The number of rotatable bonds is 1. The molecule has 0 bridgehead atoms. The minimum absolute atomic E-state index is 1.08. The molecule has 3 heteroatoms. The predicted molar refractivity (Wildman–Crippen MR) is 74.6 cm³/mol. The van der Waals surface area contributed by atoms with Crippen molar-refractivity contribution in [2.75, 3.05) is 11.9 Å². The minimum atomic E-state index is 1.08. The molecule has 0 aliphatic carbocycles. The van der Waals surface area contributed by atoms with Gasteiger partial charge in [-0.3, -0.25) is 0 Å². The average Bonchev–Trinajstić information content (AvgIpc) is 2.66. The van der Waals surface area contributed by atoms with Crippen LogP contribution in [0.25, 0.3) is 5.69 Å². The topological polar surface area (TPSA) is 29.9 Å². The number of nitrogens with one attached hydrogen (secondary N) is 1. The zero-order valence-electron chi connectivity index (χ0n) is 11.2. The van der Waals surface area contributed by atoms with Gasteiger partial charge in [0.05, 0.1) is 11.4 Å². The fraction of sp³-hybridized carbons (Fsp3) is 0.400. The molecule has 1 N–H and O–H groups in total. The van der Waals surface area contributed by atoms with Crippen molar-refractivity contribution in [2.45, 2.75) is 33.6 Å². The SMILES string of the molecule is Cc1nn(-c2ccc3c(c2)NCCC3)c(C)c1C. The van der Waals surface area contributed by atoms with Crippen molar-refractivity contribution in [3.05, 3.63) is 40.7 Å². The largest absolute Gasteiger partial charge is 0.385 e. The fourth-order valence-corrected chi connectivity index (χ4v) is 2.55. The molecule has 18 heavy (non-hydrogen) atoms. The summed E-state index contributed by atoms with van der Waals surface area (Å²) < 4.78 is 2.04. The summed E-state index contributed by atoms with van der Waals surface area (Å²) in [4.78, 5) is 0. The monoisotopic (exact) mass is 241 g/mol. The van der Waals surface area contributed by atoms with Gasteiger partial charge < -0.3 is 5.32 Å². The van der Waals surface area contributed by atoms with Gasteiger partial charge in [0.1, 0.15) is 0 Å². The Labute approximate surface area is 108 Å². The van der Waals surface area contributed by atoms with E-state index in [0.717, 1.165) is 17.9 Å². The van der Waals surface area contributed by atoms with Crippen LogP contribution in [0.15, 0.2) is 18.2 Å². The molecule has 1 aromatic carbocycles. The van der Waals surface area contributed by atoms with E-state index in [1.54, 1.807) is 0 Å². The highest BCUT2D eigenvalue weighted by atomic mass is 15.3. The molecule has 0 saturated heterocycles. The van der Waals surface area contributed by atoms with Gasteiger partial charge in [0.2, 0.25) is 0 Å². The second-order valence-electron chi connectivity index (χ2n) is 5.08. The summed E-state index contributed by atoms with van der Waals surface area (Å²) in [6, 6.07) is 6.61. The van der Waals surface area contributed by atoms with E-state index in [2.05, 4.69) is 49.4 Å². The molecular weight excluding hydrogens is 222 g/mol. The van der Waals surface area contributed by atoms with E-state index in [1.807, 2.05) is 4.68 Å². The Kier molecular flexibility index (Phi) is 2.62. The first-order valence-electron chi connectivity index (χ1n) is 6.57. The van der Waals surface area contributed by atoms with E-state index in [-0.39, 0.29) is 0 Å². The maximum absolute atomic E-state index is 4.62. The molecule has 1 aliphatic rings. The van der Waals surface area contributed by atoms with Crippen LogP contribution in [0.2, 0.25) is 0 Å². The van der Waals surface area contributed by atoms with Crippen molar-refractivity contribution in [1.82, 2.24) is 9.78 Å². The summed E-state index contributed by atoms with van der Waals surface area (Å²) in [7, 11) is 0. The zero-order chi connectivity index (χ0) is 12.7. The summed E-state index contributed by atoms with van der Waals surface area (Å²) in [5, 5.41) is 8.09. The number of aromatic nitrogens is 2. The lowest BCUT2D eigenvalue weighted by atomic mass is 10.0. The van der Waals surface area contributed by atoms with Crippen molar-refractivity contribution < 1.29 is 0 Å². The van der Waals surface area contributed by atoms with Crippen LogP contribution in [0.4, 0.5) is 5.69 Å². The number of aryl methyl sites for hydroxylation is 2. The Morgan fingerprint density at radius 1 is 1.22 bits per heavy atom. The van der Waals surface area contributed by atoms with E-state index in [1.165, 1.54) is 35.3 Å². The Morgan fingerprint density at radius 2 is 2.06 bits per heavy atom. The summed E-state index contributed by atoms with van der Waals surface area (Å²) in [6.07, 6.45) is 2.41. The number of hydrogen-bond donors (Lipinski definition) is 1. The van der Waals surface area contributed by atoms with Gasteiger partial charge in [0.25, 0.3) is 0 Å². The van der Waals surface area contributed by atoms with E-state index >= 15 is 0 Å². The second-order valence-corrected chi connectivity index (χ2v) is 5.08. The van der Waals surface area contributed by atoms with Crippen LogP contribution in [0.1, 0.15) is 28.9 Å². The maximum Gasteiger partial charge on any atom is 0.0669 e. The van der Waals surface area contributed by atoms with Gasteiger partial charge in [-0.05, 0) is 56.9 Å². The van der Waals surface area contributed by atoms with Gasteiger partial charge in [0, 0.05) is 17.9 Å². The van der Waals surface area contributed by atoms with E-state index in [4.69, 9.17) is 0 Å². The molecule has 2 aromatic rings. The fourth-order valence-electron chi connectivity index (χ4n) is 2.55. The molecular formula is C15H19N3. The molecule has 3 rings (SSSR count). The number of fused-ring (bicyclic) bond motifs is 1. The zero-order valence-corrected chi connectivity index (χ0v) is 11.2. The summed E-state index contributed by atoms with van der Waals surface area (Å²) in [5.41, 5.74) is 7.45. The Balaban J connectivity index is 2.09. The number of hydrogen-bond acceptors (Lipinski definition) is 2. The van der Waals surface area contributed by atoms with Crippen LogP contribution < -0.4 is 5.32 Å². The third kappa shape index (κ3) is 1.70. The van der Waals surface area contributed by atoms with Crippen molar-refractivity contribution in [2.24, 2.45) is 0 Å². The number of benzene rings is 1. The Morgan fingerprint density at radius 3 is 2.78 bits per heavy atom. The van der Waals surface area contributed by atoms with Gasteiger partial charge in [0.15, 0.2) is 0 Å². The first-order valence-corrected chi connectivity index (χ1v) is 6.57. The van der Waals surface area contributed by atoms with Crippen LogP contribution in [0, 0.1) is 20.8 Å². The maximum atomic E-state index is 4.62. The third-order valence-corrected chi connectivity index (χ3v) is 3.93. The predicted octanol–water partition coefficient (Wildman–Crippen LogP) is 3.16. The Hall–Kier alpha value is -1.77. The second kappa shape index (κ2) is 4.16. The lowest BCUT2D eigenvalue weighted by Crippen LogP contribution is -2.12. The average molecular weight is 241 g/mol. The van der Waals surface area contributed by atoms with E-state index in [0.29, 0.717) is 0 Å². The summed E-state index contributed by atoms with van der Waals surface area (Å²) in [5.74, 6) is 0. The minimum Gasteiger partial charge on any atom is -0.385 e. The van der Waals surface area contributed by atoms with Crippen LogP contribution in [-0.4, -0.2) is 16.3 Å². The smallest absolute Gasteiger partial charge is 0.0669 e. The standard InChI is InChI=1S/C15H19N3/c1-10-11(2)17-18(12(10)3)14-7-6-13-5-4-8-16-15(13)9-14/h6-7,9,16H,4-5,8H2,1-3H3. The first-order chi connectivity index (χ1) is 8.66. The van der Waals surface area contributed by atoms with Crippen LogP contribution >= 0.6 is 0 Å². The molecule has 1 aliphatic heterocycles. The Bertz CT molecular complexity index is 596.